The highest BCUT2D eigenvalue weighted by molar-refractivity contribution is 5.94. The Labute approximate surface area is 217 Å². The summed E-state index contributed by atoms with van der Waals surface area (Å²) in [5.74, 6) is -1.90. The van der Waals surface area contributed by atoms with Crippen molar-refractivity contribution in [2.24, 2.45) is 0 Å². The number of likely N-dealkylation sites (tertiary alicyclic amines) is 1. The lowest BCUT2D eigenvalue weighted by atomic mass is 10.1. The number of halogens is 2. The molecule has 4 aromatic rings. The van der Waals surface area contributed by atoms with Gasteiger partial charge in [-0.2, -0.15) is 0 Å². The third-order valence-corrected chi connectivity index (χ3v) is 6.36. The zero-order chi connectivity index (χ0) is 26.9. The predicted molar refractivity (Wildman–Crippen MR) is 138 cm³/mol. The summed E-state index contributed by atoms with van der Waals surface area (Å²) in [7, 11) is 0. The molecular formula is C28H25F2N5O3. The minimum Gasteiger partial charge on any atom is -0.461 e. The second-order valence-electron chi connectivity index (χ2n) is 9.37. The Balaban J connectivity index is 1.26. The zero-order valence-electron chi connectivity index (χ0n) is 20.7. The summed E-state index contributed by atoms with van der Waals surface area (Å²) in [6.07, 6.45) is 7.92. The highest BCUT2D eigenvalue weighted by Gasteiger charge is 2.40. The van der Waals surface area contributed by atoms with Crippen molar-refractivity contribution in [2.75, 3.05) is 18.8 Å². The van der Waals surface area contributed by atoms with Crippen LogP contribution in [0.25, 0.3) is 28.4 Å². The number of nitrogens with two attached hydrogens (primary N) is 1. The molecule has 0 spiro atoms. The van der Waals surface area contributed by atoms with Crippen molar-refractivity contribution in [1.29, 1.82) is 0 Å². The van der Waals surface area contributed by atoms with Crippen LogP contribution in [-0.4, -0.2) is 50.6 Å². The molecule has 1 fully saturated rings. The Morgan fingerprint density at radius 2 is 1.92 bits per heavy atom. The number of fused-ring (bicyclic) bond motifs is 1. The van der Waals surface area contributed by atoms with Gasteiger partial charge in [-0.15, -0.1) is 0 Å². The average Bonchev–Trinajstić information content (AvgIpc) is 3.49. The second kappa shape index (κ2) is 10.1. The normalized spacial score (nSPS) is 15.0. The van der Waals surface area contributed by atoms with Gasteiger partial charge in [0.15, 0.2) is 11.6 Å². The molecule has 0 atom stereocenters. The maximum Gasteiger partial charge on any atom is 0.267 e. The number of furan rings is 1. The molecule has 1 aliphatic rings. The van der Waals surface area contributed by atoms with E-state index >= 15 is 0 Å². The van der Waals surface area contributed by atoms with Crippen molar-refractivity contribution >= 4 is 34.6 Å². The number of anilines is 1. The van der Waals surface area contributed by atoms with Gasteiger partial charge in [0.05, 0.1) is 12.1 Å². The Kier molecular flexibility index (Phi) is 6.71. The van der Waals surface area contributed by atoms with Crippen LogP contribution in [0.2, 0.25) is 0 Å². The molecule has 1 aliphatic heterocycles. The minimum atomic E-state index is -2.85. The molecule has 0 aliphatic carbocycles. The molecule has 0 radical (unpaired) electrons. The number of pyridine rings is 1. The number of rotatable bonds is 7. The summed E-state index contributed by atoms with van der Waals surface area (Å²) >= 11 is 0. The first kappa shape index (κ1) is 25.2. The van der Waals surface area contributed by atoms with E-state index in [1.165, 1.54) is 18.5 Å². The molecule has 5 rings (SSSR count). The largest absolute Gasteiger partial charge is 0.461 e. The molecule has 38 heavy (non-hydrogen) atoms. The molecule has 194 valence electrons. The number of aryl methyl sites for hydroxylation is 2. The molecule has 2 N–H and O–H groups in total. The Hall–Kier alpha value is -4.47. The van der Waals surface area contributed by atoms with Crippen LogP contribution >= 0.6 is 0 Å². The summed E-state index contributed by atoms with van der Waals surface area (Å²) in [5.41, 5.74) is 8.83. The number of carbonyl (C=O) groups excluding carboxylic acids is 2. The Morgan fingerprint density at radius 1 is 1.13 bits per heavy atom. The average molecular weight is 518 g/mol. The van der Waals surface area contributed by atoms with Gasteiger partial charge < -0.3 is 15.1 Å². The molecule has 0 saturated carbocycles. The Morgan fingerprint density at radius 3 is 2.61 bits per heavy atom. The topological polar surface area (TPSA) is 115 Å². The quantitative estimate of drug-likeness (QED) is 0.348. The van der Waals surface area contributed by atoms with E-state index in [0.29, 0.717) is 29.4 Å². The van der Waals surface area contributed by atoms with E-state index in [2.05, 4.69) is 15.0 Å². The fraction of sp³-hybridized carbons (Fsp3) is 0.250. The number of benzene rings is 1. The van der Waals surface area contributed by atoms with Crippen LogP contribution in [-0.2, 0) is 11.2 Å². The van der Waals surface area contributed by atoms with Crippen molar-refractivity contribution in [3.63, 3.8) is 0 Å². The van der Waals surface area contributed by atoms with Crippen LogP contribution in [0.3, 0.4) is 0 Å². The first-order valence-electron chi connectivity index (χ1n) is 12.1. The zero-order valence-corrected chi connectivity index (χ0v) is 20.7. The van der Waals surface area contributed by atoms with Crippen LogP contribution in [0.15, 0.2) is 59.4 Å². The number of ketones is 1. The van der Waals surface area contributed by atoms with Gasteiger partial charge in [-0.25, -0.2) is 23.7 Å². The van der Waals surface area contributed by atoms with Gasteiger partial charge in [-0.05, 0) is 60.5 Å². The highest BCUT2D eigenvalue weighted by Crippen LogP contribution is 2.30. The van der Waals surface area contributed by atoms with E-state index in [4.69, 9.17) is 10.2 Å². The first-order chi connectivity index (χ1) is 18.2. The lowest BCUT2D eigenvalue weighted by Gasteiger charge is -2.15. The van der Waals surface area contributed by atoms with Crippen molar-refractivity contribution in [1.82, 2.24) is 19.9 Å². The number of hydrogen-bond donors (Lipinski definition) is 1. The van der Waals surface area contributed by atoms with Gasteiger partial charge in [0.25, 0.3) is 11.8 Å². The van der Waals surface area contributed by atoms with Gasteiger partial charge in [0.1, 0.15) is 17.2 Å². The standard InChI is InChI=1S/C28H25F2N5O3/c1-17-10-20(26-33-14-21(15-34-26)27(37)35-9-8-28(29,30)16-35)11-19-12-23(38-25(17)19)6-5-22(36)4-2-18-3-7-24(31)32-13-18/h2-4,7,10-15H,5-6,8-9,16H2,1H3,(H2,31,32)/b4-2+. The monoisotopic (exact) mass is 517 g/mol. The highest BCUT2D eigenvalue weighted by atomic mass is 19.3. The summed E-state index contributed by atoms with van der Waals surface area (Å²) in [5, 5.41) is 0.842. The molecule has 3 aromatic heterocycles. The first-order valence-corrected chi connectivity index (χ1v) is 12.1. The number of carbonyl (C=O) groups is 2. The summed E-state index contributed by atoms with van der Waals surface area (Å²) in [4.78, 5) is 38.5. The van der Waals surface area contributed by atoms with E-state index in [1.54, 1.807) is 24.4 Å². The van der Waals surface area contributed by atoms with E-state index in [0.717, 1.165) is 27.0 Å². The van der Waals surface area contributed by atoms with Gasteiger partial charge >= 0.3 is 0 Å². The molecule has 0 unspecified atom stereocenters. The third kappa shape index (κ3) is 5.59. The van der Waals surface area contributed by atoms with Gasteiger partial charge in [-0.1, -0.05) is 0 Å². The lowest BCUT2D eigenvalue weighted by molar-refractivity contribution is -0.114. The minimum absolute atomic E-state index is 0.00815. The fourth-order valence-corrected chi connectivity index (χ4v) is 4.35. The van der Waals surface area contributed by atoms with Crippen LogP contribution in [0.5, 0.6) is 0 Å². The van der Waals surface area contributed by atoms with Crippen molar-refractivity contribution in [3.05, 3.63) is 77.4 Å². The lowest BCUT2D eigenvalue weighted by Crippen LogP contribution is -2.31. The molecule has 4 heterocycles. The molecule has 1 amide bonds. The van der Waals surface area contributed by atoms with Crippen LogP contribution in [0.1, 0.15) is 40.1 Å². The Bertz CT molecular complexity index is 1530. The van der Waals surface area contributed by atoms with E-state index in [9.17, 15) is 18.4 Å². The number of amides is 1. The molecule has 1 aromatic carbocycles. The van der Waals surface area contributed by atoms with E-state index in [1.807, 2.05) is 25.1 Å². The number of nitrogen functional groups attached to an aromatic ring is 1. The number of alkyl halides is 2. The number of nitrogens with zero attached hydrogens (tertiary/aromatic N) is 4. The van der Waals surface area contributed by atoms with Crippen molar-refractivity contribution < 1.29 is 22.8 Å². The second-order valence-corrected chi connectivity index (χ2v) is 9.37. The molecular weight excluding hydrogens is 492 g/mol. The maximum atomic E-state index is 13.5. The smallest absolute Gasteiger partial charge is 0.267 e. The number of hydrogen-bond acceptors (Lipinski definition) is 7. The van der Waals surface area contributed by atoms with Crippen LogP contribution in [0, 0.1) is 6.92 Å². The third-order valence-electron chi connectivity index (χ3n) is 6.36. The number of allylic oxidation sites excluding steroid dienone is 1. The number of aromatic nitrogens is 3. The molecule has 0 bridgehead atoms. The SMILES string of the molecule is Cc1cc(-c2ncc(C(=O)N3CCC(F)(F)C3)cn2)cc2cc(CCC(=O)/C=C/c3ccc(N)nc3)oc12. The summed E-state index contributed by atoms with van der Waals surface area (Å²) in [6, 6.07) is 9.10. The van der Waals surface area contributed by atoms with Crippen molar-refractivity contribution in [2.45, 2.75) is 32.1 Å². The van der Waals surface area contributed by atoms with Crippen LogP contribution < -0.4 is 5.73 Å². The molecule has 1 saturated heterocycles. The van der Waals surface area contributed by atoms with Gasteiger partial charge in [0.2, 0.25) is 0 Å². The van der Waals surface area contributed by atoms with Gasteiger partial charge in [0, 0.05) is 55.3 Å². The fourth-order valence-electron chi connectivity index (χ4n) is 4.35. The molecule has 10 heteroatoms. The van der Waals surface area contributed by atoms with Crippen LogP contribution in [0.4, 0.5) is 14.6 Å². The summed E-state index contributed by atoms with van der Waals surface area (Å²) in [6.45, 7) is 1.32. The van der Waals surface area contributed by atoms with Gasteiger partial charge in [-0.3, -0.25) is 9.59 Å². The van der Waals surface area contributed by atoms with E-state index in [-0.39, 0.29) is 30.7 Å². The summed E-state index contributed by atoms with van der Waals surface area (Å²) < 4.78 is 32.9. The van der Waals surface area contributed by atoms with Crippen molar-refractivity contribution in [3.8, 4) is 11.4 Å². The molecule has 8 nitrogen and oxygen atoms in total. The predicted octanol–water partition coefficient (Wildman–Crippen LogP) is 4.87. The van der Waals surface area contributed by atoms with E-state index < -0.39 is 18.4 Å². The maximum absolute atomic E-state index is 13.5.